The lowest BCUT2D eigenvalue weighted by atomic mass is 10.2. The van der Waals surface area contributed by atoms with E-state index in [1.807, 2.05) is 0 Å². The molecule has 0 aromatic rings. The van der Waals surface area contributed by atoms with E-state index in [-0.39, 0.29) is 0 Å². The topological polar surface area (TPSA) is 40.7 Å². The van der Waals surface area contributed by atoms with Crippen LogP contribution in [0.15, 0.2) is 0 Å². The zero-order valence-corrected chi connectivity index (χ0v) is 19.2. The molecule has 0 amide bonds. The molecule has 0 bridgehead atoms. The van der Waals surface area contributed by atoms with Gasteiger partial charge < -0.3 is 24.0 Å². The van der Waals surface area contributed by atoms with Gasteiger partial charge in [0.25, 0.3) is 0 Å². The van der Waals surface area contributed by atoms with Crippen LogP contribution in [0.25, 0.3) is 0 Å². The van der Waals surface area contributed by atoms with Crippen molar-refractivity contribution in [1.29, 1.82) is 0 Å². The number of unbranched alkanes of at least 4 members (excludes halogenated alkanes) is 1. The van der Waals surface area contributed by atoms with Gasteiger partial charge in [-0.15, -0.1) is 0 Å². The Bertz CT molecular complexity index is 373. The SMILES string of the molecule is CCCN1CCN(CCOCCN2CCN(CCCCOCCOC)CC2)CC1. The van der Waals surface area contributed by atoms with Crippen LogP contribution >= 0.6 is 0 Å². The van der Waals surface area contributed by atoms with Crippen molar-refractivity contribution >= 4 is 0 Å². The van der Waals surface area contributed by atoms with Gasteiger partial charge in [0.05, 0.1) is 26.4 Å². The first-order valence-corrected chi connectivity index (χ1v) is 11.9. The van der Waals surface area contributed by atoms with E-state index in [9.17, 15) is 0 Å². The van der Waals surface area contributed by atoms with Crippen LogP contribution in [-0.2, 0) is 14.2 Å². The lowest BCUT2D eigenvalue weighted by Crippen LogP contribution is -2.48. The van der Waals surface area contributed by atoms with E-state index in [2.05, 4.69) is 26.5 Å². The van der Waals surface area contributed by atoms with Gasteiger partial charge in [-0.2, -0.15) is 0 Å². The molecule has 2 heterocycles. The first-order chi connectivity index (χ1) is 14.3. The van der Waals surface area contributed by atoms with Crippen LogP contribution in [0.4, 0.5) is 0 Å². The average Bonchev–Trinajstić information content (AvgIpc) is 2.75. The molecule has 2 saturated heterocycles. The van der Waals surface area contributed by atoms with E-state index >= 15 is 0 Å². The maximum Gasteiger partial charge on any atom is 0.0700 e. The Hall–Kier alpha value is -0.280. The minimum Gasteiger partial charge on any atom is -0.382 e. The van der Waals surface area contributed by atoms with Crippen LogP contribution in [-0.4, -0.2) is 138 Å². The van der Waals surface area contributed by atoms with E-state index in [4.69, 9.17) is 14.2 Å². The lowest BCUT2D eigenvalue weighted by Gasteiger charge is -2.35. The number of methoxy groups -OCH3 is 1. The molecular formula is C22H46N4O3. The zero-order valence-electron chi connectivity index (χ0n) is 19.2. The third-order valence-electron chi connectivity index (χ3n) is 6.02. The number of hydrogen-bond donors (Lipinski definition) is 0. The molecule has 172 valence electrons. The van der Waals surface area contributed by atoms with Crippen LogP contribution < -0.4 is 0 Å². The Kier molecular flexibility index (Phi) is 14.1. The van der Waals surface area contributed by atoms with Gasteiger partial charge in [-0.3, -0.25) is 9.80 Å². The minimum absolute atomic E-state index is 0.696. The molecule has 0 saturated carbocycles. The van der Waals surface area contributed by atoms with E-state index in [0.717, 1.165) is 39.3 Å². The molecule has 0 atom stereocenters. The minimum atomic E-state index is 0.696. The predicted molar refractivity (Wildman–Crippen MR) is 119 cm³/mol. The molecule has 7 nitrogen and oxygen atoms in total. The summed E-state index contributed by atoms with van der Waals surface area (Å²) in [6.45, 7) is 20.5. The van der Waals surface area contributed by atoms with E-state index in [1.165, 1.54) is 78.3 Å². The highest BCUT2D eigenvalue weighted by Gasteiger charge is 2.17. The maximum atomic E-state index is 5.93. The van der Waals surface area contributed by atoms with E-state index < -0.39 is 0 Å². The quantitative estimate of drug-likeness (QED) is 0.350. The lowest BCUT2D eigenvalue weighted by molar-refractivity contribution is 0.0511. The molecule has 0 spiro atoms. The summed E-state index contributed by atoms with van der Waals surface area (Å²) in [7, 11) is 1.71. The second-order valence-electron chi connectivity index (χ2n) is 8.29. The van der Waals surface area contributed by atoms with Crippen molar-refractivity contribution in [2.75, 3.05) is 119 Å². The Balaban J connectivity index is 1.37. The van der Waals surface area contributed by atoms with Crippen molar-refractivity contribution in [2.45, 2.75) is 26.2 Å². The summed E-state index contributed by atoms with van der Waals surface area (Å²) in [4.78, 5) is 10.3. The maximum absolute atomic E-state index is 5.93. The average molecular weight is 415 g/mol. The van der Waals surface area contributed by atoms with Crippen LogP contribution in [0.2, 0.25) is 0 Å². The summed E-state index contributed by atoms with van der Waals surface area (Å²) in [6, 6.07) is 0. The van der Waals surface area contributed by atoms with Gasteiger partial charge in [-0.1, -0.05) is 6.92 Å². The second-order valence-corrected chi connectivity index (χ2v) is 8.29. The number of ether oxygens (including phenoxy) is 3. The third-order valence-corrected chi connectivity index (χ3v) is 6.02. The smallest absolute Gasteiger partial charge is 0.0700 e. The monoisotopic (exact) mass is 414 g/mol. The van der Waals surface area contributed by atoms with Crippen LogP contribution in [0.1, 0.15) is 26.2 Å². The highest BCUT2D eigenvalue weighted by atomic mass is 16.5. The molecule has 2 fully saturated rings. The summed E-state index contributed by atoms with van der Waals surface area (Å²) in [5.41, 5.74) is 0. The molecule has 0 aromatic heterocycles. The fourth-order valence-electron chi connectivity index (χ4n) is 4.06. The molecule has 0 unspecified atom stereocenters. The first kappa shape index (κ1) is 25.0. The molecule has 2 aliphatic heterocycles. The van der Waals surface area contributed by atoms with Crippen LogP contribution in [0.3, 0.4) is 0 Å². The zero-order chi connectivity index (χ0) is 20.6. The summed E-state index contributed by atoms with van der Waals surface area (Å²) in [5, 5.41) is 0. The van der Waals surface area contributed by atoms with Crippen molar-refractivity contribution < 1.29 is 14.2 Å². The molecule has 7 heteroatoms. The van der Waals surface area contributed by atoms with Gasteiger partial charge in [-0.25, -0.2) is 0 Å². The first-order valence-electron chi connectivity index (χ1n) is 11.9. The Labute approximate surface area is 179 Å². The highest BCUT2D eigenvalue weighted by molar-refractivity contribution is 4.73. The van der Waals surface area contributed by atoms with Crippen LogP contribution in [0.5, 0.6) is 0 Å². The number of piperazine rings is 2. The molecule has 0 aromatic carbocycles. The summed E-state index contributed by atoms with van der Waals surface area (Å²) < 4.78 is 16.4. The van der Waals surface area contributed by atoms with E-state index in [0.29, 0.717) is 13.2 Å². The van der Waals surface area contributed by atoms with Gasteiger partial charge in [0.1, 0.15) is 0 Å². The molecule has 0 radical (unpaired) electrons. The van der Waals surface area contributed by atoms with Gasteiger partial charge in [0.15, 0.2) is 0 Å². The van der Waals surface area contributed by atoms with Crippen molar-refractivity contribution in [2.24, 2.45) is 0 Å². The Morgan fingerprint density at radius 2 is 1.00 bits per heavy atom. The van der Waals surface area contributed by atoms with Gasteiger partial charge >= 0.3 is 0 Å². The Morgan fingerprint density at radius 3 is 1.52 bits per heavy atom. The van der Waals surface area contributed by atoms with Gasteiger partial charge in [0.2, 0.25) is 0 Å². The van der Waals surface area contributed by atoms with Crippen molar-refractivity contribution in [1.82, 2.24) is 19.6 Å². The summed E-state index contributed by atoms with van der Waals surface area (Å²) in [6.07, 6.45) is 3.63. The normalized spacial score (nSPS) is 20.5. The second kappa shape index (κ2) is 16.4. The number of rotatable bonds is 16. The molecule has 2 aliphatic rings. The molecule has 0 N–H and O–H groups in total. The fraction of sp³-hybridized carbons (Fsp3) is 1.00. The molecular weight excluding hydrogens is 368 g/mol. The van der Waals surface area contributed by atoms with Crippen molar-refractivity contribution in [3.63, 3.8) is 0 Å². The van der Waals surface area contributed by atoms with Crippen molar-refractivity contribution in [3.05, 3.63) is 0 Å². The molecule has 29 heavy (non-hydrogen) atoms. The third kappa shape index (κ3) is 11.6. The number of hydrogen-bond acceptors (Lipinski definition) is 7. The largest absolute Gasteiger partial charge is 0.382 e. The van der Waals surface area contributed by atoms with Gasteiger partial charge in [0, 0.05) is 79.2 Å². The molecule has 2 rings (SSSR count). The van der Waals surface area contributed by atoms with Crippen molar-refractivity contribution in [3.8, 4) is 0 Å². The van der Waals surface area contributed by atoms with E-state index in [1.54, 1.807) is 7.11 Å². The highest BCUT2D eigenvalue weighted by Crippen LogP contribution is 2.05. The standard InChI is InChI=1S/C22H46N4O3/c1-3-6-23-8-12-25(13-9-23)16-19-29-20-17-26-14-10-24(11-15-26)7-4-5-18-28-22-21-27-2/h3-22H2,1-2H3. The summed E-state index contributed by atoms with van der Waals surface area (Å²) in [5.74, 6) is 0. The van der Waals surface area contributed by atoms with Gasteiger partial charge in [-0.05, 0) is 32.4 Å². The molecule has 0 aliphatic carbocycles. The van der Waals surface area contributed by atoms with Crippen LogP contribution in [0, 0.1) is 0 Å². The Morgan fingerprint density at radius 1 is 0.517 bits per heavy atom. The number of nitrogens with zero attached hydrogens (tertiary/aromatic N) is 4. The predicted octanol–water partition coefficient (Wildman–Crippen LogP) is 1.09. The fourth-order valence-corrected chi connectivity index (χ4v) is 4.06. The summed E-state index contributed by atoms with van der Waals surface area (Å²) >= 11 is 0.